The van der Waals surface area contributed by atoms with Gasteiger partial charge in [-0.1, -0.05) is 0 Å². The predicted octanol–water partition coefficient (Wildman–Crippen LogP) is 3.32. The lowest BCUT2D eigenvalue weighted by molar-refractivity contribution is 0.241. The van der Waals surface area contributed by atoms with E-state index < -0.39 is 0 Å². The molecule has 0 radical (unpaired) electrons. The van der Waals surface area contributed by atoms with E-state index >= 15 is 0 Å². The van der Waals surface area contributed by atoms with Gasteiger partial charge in [-0.25, -0.2) is 0 Å². The number of benzene rings is 1. The van der Waals surface area contributed by atoms with Gasteiger partial charge in [-0.05, 0) is 57.4 Å². The van der Waals surface area contributed by atoms with Crippen LogP contribution in [0, 0.1) is 6.92 Å². The molecule has 2 rings (SSSR count). The Bertz CT molecular complexity index is 340. The first-order chi connectivity index (χ1) is 7.15. The molecule has 0 spiro atoms. The molecule has 2 nitrogen and oxygen atoms in total. The average Bonchev–Trinajstić information content (AvgIpc) is 2.92. The second-order valence-corrected chi connectivity index (χ2v) is 4.41. The lowest BCUT2D eigenvalue weighted by Crippen LogP contribution is -2.06. The molecule has 0 heterocycles. The zero-order chi connectivity index (χ0) is 10.8. The van der Waals surface area contributed by atoms with Gasteiger partial charge < -0.3 is 9.47 Å². The summed E-state index contributed by atoms with van der Waals surface area (Å²) in [6.45, 7) is 6.12. The fourth-order valence-electron chi connectivity index (χ4n) is 1.47. The molecule has 1 fully saturated rings. The van der Waals surface area contributed by atoms with Gasteiger partial charge in [0.2, 0.25) is 0 Å². The summed E-state index contributed by atoms with van der Waals surface area (Å²) >= 11 is 0. The molecule has 0 unspecified atom stereocenters. The van der Waals surface area contributed by atoms with Crippen molar-refractivity contribution in [1.29, 1.82) is 0 Å². The lowest BCUT2D eigenvalue weighted by atomic mass is 10.2. The van der Waals surface area contributed by atoms with Crippen molar-refractivity contribution in [2.24, 2.45) is 0 Å². The highest BCUT2D eigenvalue weighted by atomic mass is 16.5. The van der Waals surface area contributed by atoms with Crippen molar-refractivity contribution in [3.63, 3.8) is 0 Å². The first-order valence-corrected chi connectivity index (χ1v) is 5.59. The van der Waals surface area contributed by atoms with Gasteiger partial charge in [-0.3, -0.25) is 0 Å². The van der Waals surface area contributed by atoms with Gasteiger partial charge in [0.05, 0.1) is 12.2 Å². The molecule has 1 saturated carbocycles. The summed E-state index contributed by atoms with van der Waals surface area (Å²) in [5, 5.41) is 0. The zero-order valence-corrected chi connectivity index (χ0v) is 9.62. The Morgan fingerprint density at radius 1 is 1.27 bits per heavy atom. The van der Waals surface area contributed by atoms with Gasteiger partial charge >= 0.3 is 0 Å². The van der Waals surface area contributed by atoms with E-state index in [0.29, 0.717) is 6.10 Å². The van der Waals surface area contributed by atoms with E-state index in [9.17, 15) is 0 Å². The Morgan fingerprint density at radius 3 is 2.53 bits per heavy atom. The van der Waals surface area contributed by atoms with Crippen molar-refractivity contribution in [1.82, 2.24) is 0 Å². The molecule has 0 aliphatic heterocycles. The van der Waals surface area contributed by atoms with E-state index in [-0.39, 0.29) is 6.10 Å². The molecule has 1 aromatic carbocycles. The van der Waals surface area contributed by atoms with Crippen molar-refractivity contribution in [3.8, 4) is 11.5 Å². The highest BCUT2D eigenvalue weighted by Crippen LogP contribution is 2.30. The van der Waals surface area contributed by atoms with Crippen molar-refractivity contribution < 1.29 is 9.47 Å². The van der Waals surface area contributed by atoms with Crippen LogP contribution in [0.2, 0.25) is 0 Å². The second kappa shape index (κ2) is 4.13. The standard InChI is InChI=1S/C13H18O2/c1-9(2)14-12-6-7-13(10(3)8-12)15-11-4-5-11/h6-9,11H,4-5H2,1-3H3. The van der Waals surface area contributed by atoms with Gasteiger partial charge in [0.25, 0.3) is 0 Å². The molecule has 0 N–H and O–H groups in total. The molecule has 0 aromatic heterocycles. The van der Waals surface area contributed by atoms with Crippen LogP contribution in [-0.2, 0) is 0 Å². The Morgan fingerprint density at radius 2 is 2.00 bits per heavy atom. The second-order valence-electron chi connectivity index (χ2n) is 4.41. The smallest absolute Gasteiger partial charge is 0.122 e. The quantitative estimate of drug-likeness (QED) is 0.752. The van der Waals surface area contributed by atoms with Crippen molar-refractivity contribution in [2.45, 2.75) is 45.8 Å². The molecule has 0 amide bonds. The molecular weight excluding hydrogens is 188 g/mol. The average molecular weight is 206 g/mol. The molecule has 1 aromatic rings. The minimum atomic E-state index is 0.222. The Kier molecular flexibility index (Phi) is 2.85. The molecule has 82 valence electrons. The SMILES string of the molecule is Cc1cc(OC(C)C)ccc1OC1CC1. The van der Waals surface area contributed by atoms with E-state index in [2.05, 4.69) is 6.92 Å². The van der Waals surface area contributed by atoms with E-state index in [0.717, 1.165) is 17.1 Å². The van der Waals surface area contributed by atoms with Crippen LogP contribution in [0.4, 0.5) is 0 Å². The van der Waals surface area contributed by atoms with Crippen LogP contribution in [0.5, 0.6) is 11.5 Å². The van der Waals surface area contributed by atoms with Gasteiger partial charge in [-0.2, -0.15) is 0 Å². The van der Waals surface area contributed by atoms with Crippen LogP contribution >= 0.6 is 0 Å². The lowest BCUT2D eigenvalue weighted by Gasteiger charge is -2.13. The molecule has 0 atom stereocenters. The maximum atomic E-state index is 5.76. The Hall–Kier alpha value is -1.18. The fourth-order valence-corrected chi connectivity index (χ4v) is 1.47. The summed E-state index contributed by atoms with van der Waals surface area (Å²) in [5.41, 5.74) is 1.15. The van der Waals surface area contributed by atoms with Crippen LogP contribution in [0.25, 0.3) is 0 Å². The maximum Gasteiger partial charge on any atom is 0.122 e. The highest BCUT2D eigenvalue weighted by Gasteiger charge is 2.24. The van der Waals surface area contributed by atoms with Crippen LogP contribution in [-0.4, -0.2) is 12.2 Å². The summed E-state index contributed by atoms with van der Waals surface area (Å²) in [4.78, 5) is 0. The number of hydrogen-bond donors (Lipinski definition) is 0. The minimum Gasteiger partial charge on any atom is -0.491 e. The molecule has 0 saturated heterocycles. The van der Waals surface area contributed by atoms with Gasteiger partial charge in [0.15, 0.2) is 0 Å². The highest BCUT2D eigenvalue weighted by molar-refractivity contribution is 5.39. The molecule has 15 heavy (non-hydrogen) atoms. The van der Waals surface area contributed by atoms with Gasteiger partial charge in [-0.15, -0.1) is 0 Å². The summed E-state index contributed by atoms with van der Waals surface area (Å²) < 4.78 is 11.4. The van der Waals surface area contributed by atoms with Crippen molar-refractivity contribution in [2.75, 3.05) is 0 Å². The van der Waals surface area contributed by atoms with E-state index in [1.54, 1.807) is 0 Å². The molecular formula is C13H18O2. The van der Waals surface area contributed by atoms with E-state index in [1.807, 2.05) is 32.0 Å². The maximum absolute atomic E-state index is 5.76. The van der Waals surface area contributed by atoms with Crippen LogP contribution in [0.1, 0.15) is 32.3 Å². The van der Waals surface area contributed by atoms with E-state index in [1.165, 1.54) is 12.8 Å². The van der Waals surface area contributed by atoms with Gasteiger partial charge in [0, 0.05) is 0 Å². The number of aryl methyl sites for hydroxylation is 1. The fraction of sp³-hybridized carbons (Fsp3) is 0.538. The summed E-state index contributed by atoms with van der Waals surface area (Å²) in [6.07, 6.45) is 3.08. The topological polar surface area (TPSA) is 18.5 Å². The predicted molar refractivity (Wildman–Crippen MR) is 60.6 cm³/mol. The normalized spacial score (nSPS) is 15.5. The molecule has 2 heteroatoms. The van der Waals surface area contributed by atoms with Gasteiger partial charge in [0.1, 0.15) is 11.5 Å². The summed E-state index contributed by atoms with van der Waals surface area (Å²) in [7, 11) is 0. The van der Waals surface area contributed by atoms with Crippen molar-refractivity contribution >= 4 is 0 Å². The Labute approximate surface area is 91.2 Å². The first-order valence-electron chi connectivity index (χ1n) is 5.59. The number of hydrogen-bond acceptors (Lipinski definition) is 2. The zero-order valence-electron chi connectivity index (χ0n) is 9.62. The Balaban J connectivity index is 2.07. The largest absolute Gasteiger partial charge is 0.491 e. The summed E-state index contributed by atoms with van der Waals surface area (Å²) in [5.74, 6) is 1.92. The summed E-state index contributed by atoms with van der Waals surface area (Å²) in [6, 6.07) is 6.02. The third-order valence-electron chi connectivity index (χ3n) is 2.34. The molecule has 1 aliphatic carbocycles. The number of ether oxygens (including phenoxy) is 2. The van der Waals surface area contributed by atoms with Crippen LogP contribution in [0.3, 0.4) is 0 Å². The van der Waals surface area contributed by atoms with Crippen LogP contribution in [0.15, 0.2) is 18.2 Å². The first kappa shape index (κ1) is 10.3. The number of rotatable bonds is 4. The molecule has 1 aliphatic rings. The third-order valence-corrected chi connectivity index (χ3v) is 2.34. The van der Waals surface area contributed by atoms with E-state index in [4.69, 9.17) is 9.47 Å². The van der Waals surface area contributed by atoms with Crippen molar-refractivity contribution in [3.05, 3.63) is 23.8 Å². The third kappa shape index (κ3) is 2.88. The van der Waals surface area contributed by atoms with Crippen LogP contribution < -0.4 is 9.47 Å². The minimum absolute atomic E-state index is 0.222. The molecule has 0 bridgehead atoms. The monoisotopic (exact) mass is 206 g/mol.